The fourth-order valence-corrected chi connectivity index (χ4v) is 1.55. The molecule has 0 aliphatic rings. The molecule has 0 radical (unpaired) electrons. The van der Waals surface area contributed by atoms with Crippen molar-refractivity contribution in [3.05, 3.63) is 47.9 Å². The minimum absolute atomic E-state index is 0.587. The van der Waals surface area contributed by atoms with E-state index in [1.807, 2.05) is 6.07 Å². The lowest BCUT2D eigenvalue weighted by atomic mass is 9.49. The quantitative estimate of drug-likeness (QED) is 0.708. The maximum absolute atomic E-state index is 5.07. The van der Waals surface area contributed by atoms with Crippen LogP contribution in [-0.2, 0) is 6.42 Å². The highest BCUT2D eigenvalue weighted by atomic mass is 16.5. The summed E-state index contributed by atoms with van der Waals surface area (Å²) in [5.41, 5.74) is 2.63. The molecular weight excluding hydrogens is 185 g/mol. The Bertz CT molecular complexity index is 406. The Morgan fingerprint density at radius 1 is 1.13 bits per heavy atom. The second-order valence-electron chi connectivity index (χ2n) is 4.05. The standard InChI is InChI=1S/C12H14BNO/c1-13(2)11-5-3-10(4-6-11)9-12-7-8-14-15-12/h3-8H,9H2,1-2H3. The molecule has 15 heavy (non-hydrogen) atoms. The monoisotopic (exact) mass is 199 g/mol. The first-order chi connectivity index (χ1) is 7.25. The van der Waals surface area contributed by atoms with E-state index in [4.69, 9.17) is 4.52 Å². The Kier molecular flexibility index (Phi) is 2.90. The summed E-state index contributed by atoms with van der Waals surface area (Å²) in [5.74, 6) is 0.910. The molecule has 0 aliphatic carbocycles. The zero-order valence-corrected chi connectivity index (χ0v) is 9.10. The van der Waals surface area contributed by atoms with Gasteiger partial charge >= 0.3 is 0 Å². The van der Waals surface area contributed by atoms with Crippen LogP contribution in [0, 0.1) is 0 Å². The smallest absolute Gasteiger partial charge is 0.169 e. The number of nitrogens with zero attached hydrogens (tertiary/aromatic N) is 1. The molecule has 0 atom stereocenters. The molecule has 1 aromatic heterocycles. The molecule has 2 aromatic rings. The maximum Gasteiger partial charge on any atom is 0.169 e. The van der Waals surface area contributed by atoms with E-state index in [0.29, 0.717) is 6.71 Å². The van der Waals surface area contributed by atoms with Crippen LogP contribution in [0.15, 0.2) is 41.1 Å². The molecule has 1 heterocycles. The van der Waals surface area contributed by atoms with E-state index in [9.17, 15) is 0 Å². The molecule has 0 fully saturated rings. The van der Waals surface area contributed by atoms with Gasteiger partial charge in [0.1, 0.15) is 5.76 Å². The lowest BCUT2D eigenvalue weighted by Gasteiger charge is -2.03. The Balaban J connectivity index is 2.11. The highest BCUT2D eigenvalue weighted by molar-refractivity contribution is 6.70. The molecular formula is C12H14BNO. The maximum atomic E-state index is 5.07. The minimum Gasteiger partial charge on any atom is -0.361 e. The average molecular weight is 199 g/mol. The molecule has 3 heteroatoms. The van der Waals surface area contributed by atoms with Crippen molar-refractivity contribution in [1.82, 2.24) is 5.16 Å². The van der Waals surface area contributed by atoms with Gasteiger partial charge in [0.15, 0.2) is 6.71 Å². The van der Waals surface area contributed by atoms with Crippen LogP contribution in [0.1, 0.15) is 11.3 Å². The van der Waals surface area contributed by atoms with Gasteiger partial charge in [0, 0.05) is 12.5 Å². The Morgan fingerprint density at radius 3 is 2.40 bits per heavy atom. The largest absolute Gasteiger partial charge is 0.361 e. The van der Waals surface area contributed by atoms with Crippen LogP contribution < -0.4 is 5.46 Å². The Hall–Kier alpha value is -1.51. The fraction of sp³-hybridized carbons (Fsp3) is 0.250. The zero-order chi connectivity index (χ0) is 10.7. The second kappa shape index (κ2) is 4.34. The van der Waals surface area contributed by atoms with E-state index in [2.05, 4.69) is 43.1 Å². The summed E-state index contributed by atoms with van der Waals surface area (Å²) in [5, 5.41) is 3.69. The summed E-state index contributed by atoms with van der Waals surface area (Å²) in [4.78, 5) is 0. The number of hydrogen-bond donors (Lipinski definition) is 0. The molecule has 1 aromatic carbocycles. The Labute approximate surface area is 90.4 Å². The lowest BCUT2D eigenvalue weighted by molar-refractivity contribution is 0.389. The van der Waals surface area contributed by atoms with Crippen LogP contribution in [0.4, 0.5) is 0 Å². The average Bonchev–Trinajstić information content (AvgIpc) is 2.71. The van der Waals surface area contributed by atoms with E-state index in [-0.39, 0.29) is 0 Å². The van der Waals surface area contributed by atoms with Gasteiger partial charge in [0.25, 0.3) is 0 Å². The molecule has 0 N–H and O–H groups in total. The van der Waals surface area contributed by atoms with Crippen molar-refractivity contribution >= 4 is 12.2 Å². The van der Waals surface area contributed by atoms with Crippen molar-refractivity contribution in [3.63, 3.8) is 0 Å². The molecule has 0 bridgehead atoms. The first kappa shape index (κ1) is 10.0. The lowest BCUT2D eigenvalue weighted by Crippen LogP contribution is -2.21. The highest BCUT2D eigenvalue weighted by Gasteiger charge is 2.03. The van der Waals surface area contributed by atoms with Gasteiger partial charge in [-0.05, 0) is 5.56 Å². The summed E-state index contributed by atoms with van der Waals surface area (Å²) >= 11 is 0. The van der Waals surface area contributed by atoms with Gasteiger partial charge in [-0.2, -0.15) is 0 Å². The number of benzene rings is 1. The van der Waals surface area contributed by atoms with Gasteiger partial charge in [-0.15, -0.1) is 0 Å². The molecule has 2 nitrogen and oxygen atoms in total. The number of aromatic nitrogens is 1. The topological polar surface area (TPSA) is 26.0 Å². The summed E-state index contributed by atoms with van der Waals surface area (Å²) in [6.45, 7) is 4.99. The summed E-state index contributed by atoms with van der Waals surface area (Å²) in [6.07, 6.45) is 2.50. The number of rotatable bonds is 3. The predicted octanol–water partition coefficient (Wildman–Crippen LogP) is 2.23. The summed E-state index contributed by atoms with van der Waals surface area (Å²) < 4.78 is 5.07. The van der Waals surface area contributed by atoms with Crippen molar-refractivity contribution in [1.29, 1.82) is 0 Å². The third kappa shape index (κ3) is 2.49. The molecule has 0 saturated heterocycles. The molecule has 0 unspecified atom stereocenters. The van der Waals surface area contributed by atoms with Crippen LogP contribution >= 0.6 is 0 Å². The SMILES string of the molecule is CB(C)c1ccc(Cc2ccno2)cc1. The van der Waals surface area contributed by atoms with Crippen LogP contribution in [0.2, 0.25) is 13.6 Å². The van der Waals surface area contributed by atoms with Gasteiger partial charge in [0.05, 0.1) is 6.20 Å². The van der Waals surface area contributed by atoms with Gasteiger partial charge in [-0.3, -0.25) is 0 Å². The van der Waals surface area contributed by atoms with Crippen molar-refractivity contribution in [2.45, 2.75) is 20.1 Å². The second-order valence-corrected chi connectivity index (χ2v) is 4.05. The molecule has 0 aliphatic heterocycles. The van der Waals surface area contributed by atoms with Crippen molar-refractivity contribution < 1.29 is 4.52 Å². The molecule has 0 spiro atoms. The molecule has 0 saturated carbocycles. The predicted molar refractivity (Wildman–Crippen MR) is 62.9 cm³/mol. The van der Waals surface area contributed by atoms with Crippen LogP contribution in [0.25, 0.3) is 0 Å². The van der Waals surface area contributed by atoms with Gasteiger partial charge in [-0.25, -0.2) is 0 Å². The van der Waals surface area contributed by atoms with Crippen molar-refractivity contribution in [3.8, 4) is 0 Å². The van der Waals surface area contributed by atoms with Crippen molar-refractivity contribution in [2.75, 3.05) is 0 Å². The number of hydrogen-bond acceptors (Lipinski definition) is 2. The van der Waals surface area contributed by atoms with Crippen LogP contribution in [0.5, 0.6) is 0 Å². The minimum atomic E-state index is 0.587. The normalized spacial score (nSPS) is 10.3. The molecule has 0 amide bonds. The Morgan fingerprint density at radius 2 is 1.87 bits per heavy atom. The zero-order valence-electron chi connectivity index (χ0n) is 9.10. The molecule has 2 rings (SSSR count). The summed E-state index contributed by atoms with van der Waals surface area (Å²) in [6, 6.07) is 10.6. The highest BCUT2D eigenvalue weighted by Crippen LogP contribution is 2.07. The van der Waals surface area contributed by atoms with Gasteiger partial charge in [-0.1, -0.05) is 48.5 Å². The van der Waals surface area contributed by atoms with E-state index >= 15 is 0 Å². The van der Waals surface area contributed by atoms with Crippen LogP contribution in [-0.4, -0.2) is 11.9 Å². The van der Waals surface area contributed by atoms with Gasteiger partial charge < -0.3 is 4.52 Å². The third-order valence-electron chi connectivity index (χ3n) is 2.52. The van der Waals surface area contributed by atoms with E-state index in [1.54, 1.807) is 6.20 Å². The first-order valence-electron chi connectivity index (χ1n) is 5.24. The van der Waals surface area contributed by atoms with E-state index in [1.165, 1.54) is 11.0 Å². The molecule has 76 valence electrons. The first-order valence-corrected chi connectivity index (χ1v) is 5.24. The van der Waals surface area contributed by atoms with Gasteiger partial charge in [0.2, 0.25) is 0 Å². The fourth-order valence-electron chi connectivity index (χ4n) is 1.55. The third-order valence-corrected chi connectivity index (χ3v) is 2.52. The van der Waals surface area contributed by atoms with E-state index in [0.717, 1.165) is 12.2 Å². The van der Waals surface area contributed by atoms with Crippen LogP contribution in [0.3, 0.4) is 0 Å². The van der Waals surface area contributed by atoms with E-state index < -0.39 is 0 Å². The summed E-state index contributed by atoms with van der Waals surface area (Å²) in [7, 11) is 0. The van der Waals surface area contributed by atoms with Crippen molar-refractivity contribution in [2.24, 2.45) is 0 Å².